The molecule has 2 unspecified atom stereocenters. The molecule has 2 atom stereocenters. The molecular formula is C17H30N2O2. The van der Waals surface area contributed by atoms with Crippen LogP contribution in [0.4, 0.5) is 0 Å². The highest BCUT2D eigenvalue weighted by molar-refractivity contribution is 5.79. The van der Waals surface area contributed by atoms with Crippen molar-refractivity contribution in [2.24, 2.45) is 11.8 Å². The van der Waals surface area contributed by atoms with Crippen molar-refractivity contribution in [3.8, 4) is 0 Å². The fourth-order valence-corrected chi connectivity index (χ4v) is 4.30. The van der Waals surface area contributed by atoms with E-state index in [4.69, 9.17) is 4.74 Å². The van der Waals surface area contributed by atoms with Crippen molar-refractivity contribution in [1.29, 1.82) is 0 Å². The molecule has 4 nitrogen and oxygen atoms in total. The van der Waals surface area contributed by atoms with Gasteiger partial charge in [0, 0.05) is 19.2 Å². The van der Waals surface area contributed by atoms with E-state index in [-0.39, 0.29) is 5.92 Å². The number of hydrogen-bond acceptors (Lipinski definition) is 3. The summed E-state index contributed by atoms with van der Waals surface area (Å²) in [5.74, 6) is 1.22. The number of amides is 1. The normalized spacial score (nSPS) is 32.7. The Balaban J connectivity index is 1.69. The first-order valence-electron chi connectivity index (χ1n) is 8.95. The highest BCUT2D eigenvalue weighted by Gasteiger charge is 2.35. The van der Waals surface area contributed by atoms with Gasteiger partial charge in [0.2, 0.25) is 5.91 Å². The van der Waals surface area contributed by atoms with Gasteiger partial charge in [0.25, 0.3) is 0 Å². The summed E-state index contributed by atoms with van der Waals surface area (Å²) in [7, 11) is 0. The standard InChI is InChI=1S/C17H30N2O2/c20-17(15-5-4-12-21-13-15)19-11-3-1-2-6-16(19)14-7-9-18-10-8-14/h14-16,18H,1-13H2. The quantitative estimate of drug-likeness (QED) is 0.849. The number of nitrogens with zero attached hydrogens (tertiary/aromatic N) is 1. The van der Waals surface area contributed by atoms with E-state index in [0.717, 1.165) is 39.1 Å². The summed E-state index contributed by atoms with van der Waals surface area (Å²) < 4.78 is 5.55. The van der Waals surface area contributed by atoms with Crippen molar-refractivity contribution in [1.82, 2.24) is 10.2 Å². The molecule has 0 aromatic heterocycles. The summed E-state index contributed by atoms with van der Waals surface area (Å²) in [6, 6.07) is 0.490. The predicted molar refractivity (Wildman–Crippen MR) is 83.1 cm³/mol. The van der Waals surface area contributed by atoms with Crippen LogP contribution in [0.5, 0.6) is 0 Å². The summed E-state index contributed by atoms with van der Waals surface area (Å²) in [5.41, 5.74) is 0. The topological polar surface area (TPSA) is 41.6 Å². The van der Waals surface area contributed by atoms with Crippen LogP contribution in [0.1, 0.15) is 51.4 Å². The number of carbonyl (C=O) groups is 1. The molecule has 120 valence electrons. The first-order chi connectivity index (χ1) is 10.4. The third-order valence-corrected chi connectivity index (χ3v) is 5.52. The first-order valence-corrected chi connectivity index (χ1v) is 8.95. The van der Waals surface area contributed by atoms with Crippen LogP contribution in [-0.2, 0) is 9.53 Å². The van der Waals surface area contributed by atoms with Crippen molar-refractivity contribution < 1.29 is 9.53 Å². The number of carbonyl (C=O) groups excluding carboxylic acids is 1. The Bertz CT molecular complexity index is 336. The molecule has 0 radical (unpaired) electrons. The Morgan fingerprint density at radius 1 is 1.00 bits per heavy atom. The van der Waals surface area contributed by atoms with E-state index in [2.05, 4.69) is 10.2 Å². The van der Waals surface area contributed by atoms with E-state index in [1.165, 1.54) is 38.5 Å². The van der Waals surface area contributed by atoms with Gasteiger partial charge in [-0.2, -0.15) is 0 Å². The predicted octanol–water partition coefficient (Wildman–Crippen LogP) is 2.18. The summed E-state index contributed by atoms with van der Waals surface area (Å²) in [5, 5.41) is 3.45. The molecule has 3 saturated heterocycles. The van der Waals surface area contributed by atoms with Gasteiger partial charge in [-0.1, -0.05) is 12.8 Å². The van der Waals surface area contributed by atoms with Gasteiger partial charge in [-0.15, -0.1) is 0 Å². The van der Waals surface area contributed by atoms with Gasteiger partial charge in [0.1, 0.15) is 0 Å². The van der Waals surface area contributed by atoms with E-state index in [1.807, 2.05) is 0 Å². The number of nitrogens with one attached hydrogen (secondary N) is 1. The summed E-state index contributed by atoms with van der Waals surface area (Å²) in [6.45, 7) is 4.70. The molecule has 3 aliphatic heterocycles. The fourth-order valence-electron chi connectivity index (χ4n) is 4.30. The molecular weight excluding hydrogens is 264 g/mol. The molecule has 1 amide bonds. The van der Waals surface area contributed by atoms with Gasteiger partial charge >= 0.3 is 0 Å². The molecule has 0 aliphatic carbocycles. The molecule has 3 aliphatic rings. The average molecular weight is 294 g/mol. The first kappa shape index (κ1) is 15.3. The second-order valence-electron chi connectivity index (χ2n) is 6.95. The van der Waals surface area contributed by atoms with Crippen molar-refractivity contribution in [2.75, 3.05) is 32.8 Å². The third-order valence-electron chi connectivity index (χ3n) is 5.52. The minimum absolute atomic E-state index is 0.126. The zero-order chi connectivity index (χ0) is 14.5. The molecule has 0 aromatic rings. The van der Waals surface area contributed by atoms with Crippen molar-refractivity contribution in [3.63, 3.8) is 0 Å². The Kier molecular flexibility index (Phi) is 5.53. The van der Waals surface area contributed by atoms with Gasteiger partial charge in [-0.25, -0.2) is 0 Å². The summed E-state index contributed by atoms with van der Waals surface area (Å²) >= 11 is 0. The van der Waals surface area contributed by atoms with Crippen LogP contribution in [0.15, 0.2) is 0 Å². The van der Waals surface area contributed by atoms with Crippen LogP contribution >= 0.6 is 0 Å². The van der Waals surface area contributed by atoms with E-state index in [0.29, 0.717) is 24.5 Å². The number of piperidine rings is 1. The minimum atomic E-state index is 0.126. The molecule has 21 heavy (non-hydrogen) atoms. The molecule has 0 saturated carbocycles. The molecule has 0 spiro atoms. The van der Waals surface area contributed by atoms with Gasteiger partial charge in [0.15, 0.2) is 0 Å². The lowest BCUT2D eigenvalue weighted by molar-refractivity contribution is -0.143. The number of likely N-dealkylation sites (tertiary alicyclic amines) is 1. The van der Waals surface area contributed by atoms with E-state index < -0.39 is 0 Å². The second kappa shape index (κ2) is 7.59. The number of hydrogen-bond donors (Lipinski definition) is 1. The molecule has 3 rings (SSSR count). The van der Waals surface area contributed by atoms with E-state index in [9.17, 15) is 4.79 Å². The summed E-state index contributed by atoms with van der Waals surface area (Å²) in [4.78, 5) is 15.3. The highest BCUT2D eigenvalue weighted by atomic mass is 16.5. The van der Waals surface area contributed by atoms with Crippen LogP contribution < -0.4 is 5.32 Å². The second-order valence-corrected chi connectivity index (χ2v) is 6.95. The Morgan fingerprint density at radius 3 is 2.62 bits per heavy atom. The minimum Gasteiger partial charge on any atom is -0.381 e. The monoisotopic (exact) mass is 294 g/mol. The Morgan fingerprint density at radius 2 is 1.86 bits per heavy atom. The molecule has 3 heterocycles. The largest absolute Gasteiger partial charge is 0.381 e. The van der Waals surface area contributed by atoms with Gasteiger partial charge < -0.3 is 15.0 Å². The Labute approximate surface area is 128 Å². The van der Waals surface area contributed by atoms with Crippen molar-refractivity contribution >= 4 is 5.91 Å². The number of ether oxygens (including phenoxy) is 1. The maximum Gasteiger partial charge on any atom is 0.228 e. The molecule has 0 bridgehead atoms. The maximum atomic E-state index is 13.0. The van der Waals surface area contributed by atoms with Gasteiger partial charge in [0.05, 0.1) is 12.5 Å². The van der Waals surface area contributed by atoms with Crippen LogP contribution in [-0.4, -0.2) is 49.7 Å². The third kappa shape index (κ3) is 3.78. The lowest BCUT2D eigenvalue weighted by atomic mass is 9.86. The van der Waals surface area contributed by atoms with E-state index in [1.54, 1.807) is 0 Å². The van der Waals surface area contributed by atoms with Crippen molar-refractivity contribution in [3.05, 3.63) is 0 Å². The van der Waals surface area contributed by atoms with E-state index >= 15 is 0 Å². The number of rotatable bonds is 2. The molecule has 3 fully saturated rings. The SMILES string of the molecule is O=C(C1CCCOC1)N1CCCCCC1C1CCNCC1. The lowest BCUT2D eigenvalue weighted by Gasteiger charge is -2.40. The maximum absolute atomic E-state index is 13.0. The van der Waals surface area contributed by atoms with Gasteiger partial charge in [-0.3, -0.25) is 4.79 Å². The van der Waals surface area contributed by atoms with Crippen LogP contribution in [0.3, 0.4) is 0 Å². The fraction of sp³-hybridized carbons (Fsp3) is 0.941. The molecule has 0 aromatic carbocycles. The molecule has 4 heteroatoms. The van der Waals surface area contributed by atoms with Crippen LogP contribution in [0.25, 0.3) is 0 Å². The molecule has 1 N–H and O–H groups in total. The van der Waals surface area contributed by atoms with Gasteiger partial charge in [-0.05, 0) is 57.5 Å². The highest BCUT2D eigenvalue weighted by Crippen LogP contribution is 2.30. The average Bonchev–Trinajstić information content (AvgIpc) is 2.81. The summed E-state index contributed by atoms with van der Waals surface area (Å²) in [6.07, 6.45) is 9.50. The van der Waals surface area contributed by atoms with Crippen molar-refractivity contribution in [2.45, 2.75) is 57.4 Å². The smallest absolute Gasteiger partial charge is 0.228 e. The zero-order valence-corrected chi connectivity index (χ0v) is 13.2. The van der Waals surface area contributed by atoms with Crippen LogP contribution in [0.2, 0.25) is 0 Å². The Hall–Kier alpha value is -0.610. The lowest BCUT2D eigenvalue weighted by Crippen LogP contribution is -2.50. The zero-order valence-electron chi connectivity index (χ0n) is 13.2. The van der Waals surface area contributed by atoms with Crippen LogP contribution in [0, 0.1) is 11.8 Å².